The summed E-state index contributed by atoms with van der Waals surface area (Å²) >= 11 is 0. The molecule has 3 heteroatoms. The fourth-order valence-electron chi connectivity index (χ4n) is 3.84. The van der Waals surface area contributed by atoms with E-state index in [0.717, 1.165) is 24.3 Å². The Balaban J connectivity index is 1.51. The molecular weight excluding hydrogens is 236 g/mol. The van der Waals surface area contributed by atoms with Gasteiger partial charge in [0, 0.05) is 12.1 Å². The van der Waals surface area contributed by atoms with E-state index in [1.807, 2.05) is 13.3 Å². The maximum atomic E-state index is 5.66. The minimum Gasteiger partial charge on any atom is -0.468 e. The molecule has 0 atom stereocenters. The molecule has 1 saturated heterocycles. The lowest BCUT2D eigenvalue weighted by molar-refractivity contribution is 0.0982. The van der Waals surface area contributed by atoms with Crippen LogP contribution in [0.4, 0.5) is 0 Å². The molecule has 0 unspecified atom stereocenters. The van der Waals surface area contributed by atoms with Gasteiger partial charge in [0.2, 0.25) is 0 Å². The van der Waals surface area contributed by atoms with Gasteiger partial charge in [0.25, 0.3) is 0 Å². The Hall–Kier alpha value is -0.800. The third kappa shape index (κ3) is 3.03. The molecule has 2 heterocycles. The number of furan rings is 1. The summed E-state index contributed by atoms with van der Waals surface area (Å²) in [6.45, 7) is 4.39. The molecule has 0 bridgehead atoms. The van der Waals surface area contributed by atoms with E-state index in [4.69, 9.17) is 4.42 Å². The van der Waals surface area contributed by atoms with Gasteiger partial charge in [-0.05, 0) is 57.3 Å². The van der Waals surface area contributed by atoms with Gasteiger partial charge in [-0.2, -0.15) is 0 Å². The third-order valence-electron chi connectivity index (χ3n) is 5.05. The summed E-state index contributed by atoms with van der Waals surface area (Å²) in [5.41, 5.74) is 1.97. The number of nitrogens with zero attached hydrogens (tertiary/aromatic N) is 1. The molecule has 3 nitrogen and oxygen atoms in total. The van der Waals surface area contributed by atoms with Gasteiger partial charge in [-0.25, -0.2) is 0 Å². The second-order valence-electron chi connectivity index (χ2n) is 6.43. The van der Waals surface area contributed by atoms with Crippen molar-refractivity contribution >= 4 is 0 Å². The van der Waals surface area contributed by atoms with Crippen LogP contribution in [0.3, 0.4) is 0 Å². The number of hydrogen-bond acceptors (Lipinski definition) is 3. The van der Waals surface area contributed by atoms with Crippen molar-refractivity contribution in [3.8, 4) is 0 Å². The molecule has 0 radical (unpaired) electrons. The van der Waals surface area contributed by atoms with E-state index in [9.17, 15) is 0 Å². The molecule has 1 aliphatic carbocycles. The van der Waals surface area contributed by atoms with Crippen molar-refractivity contribution in [2.24, 2.45) is 5.41 Å². The van der Waals surface area contributed by atoms with Crippen molar-refractivity contribution in [2.75, 3.05) is 20.1 Å². The lowest BCUT2D eigenvalue weighted by atomic mass is 9.77. The van der Waals surface area contributed by atoms with Crippen molar-refractivity contribution in [2.45, 2.75) is 51.6 Å². The maximum absolute atomic E-state index is 5.66. The van der Waals surface area contributed by atoms with Gasteiger partial charge in [-0.15, -0.1) is 0 Å². The van der Waals surface area contributed by atoms with Crippen LogP contribution in [0.15, 0.2) is 16.7 Å². The van der Waals surface area contributed by atoms with Gasteiger partial charge in [0.15, 0.2) is 0 Å². The molecule has 0 amide bonds. The first-order valence-electron chi connectivity index (χ1n) is 7.73. The third-order valence-corrected chi connectivity index (χ3v) is 5.05. The zero-order valence-corrected chi connectivity index (χ0v) is 12.1. The topological polar surface area (TPSA) is 28.4 Å². The molecule has 106 valence electrons. The van der Waals surface area contributed by atoms with Crippen molar-refractivity contribution in [3.63, 3.8) is 0 Å². The first-order chi connectivity index (χ1) is 9.30. The van der Waals surface area contributed by atoms with Crippen LogP contribution >= 0.6 is 0 Å². The summed E-state index contributed by atoms with van der Waals surface area (Å²) in [6.07, 6.45) is 10.6. The van der Waals surface area contributed by atoms with Gasteiger partial charge in [-0.1, -0.05) is 12.8 Å². The van der Waals surface area contributed by atoms with Crippen molar-refractivity contribution in [1.29, 1.82) is 0 Å². The Morgan fingerprint density at radius 1 is 1.21 bits per heavy atom. The van der Waals surface area contributed by atoms with Gasteiger partial charge >= 0.3 is 0 Å². The Morgan fingerprint density at radius 2 is 1.95 bits per heavy atom. The smallest absolute Gasteiger partial charge is 0.118 e. The SMILES string of the molecule is CNCc1coc(CN2CCC3(CCCC3)CC2)c1. The zero-order valence-electron chi connectivity index (χ0n) is 12.1. The number of rotatable bonds is 4. The highest BCUT2D eigenvalue weighted by Crippen LogP contribution is 2.46. The highest BCUT2D eigenvalue weighted by Gasteiger charge is 2.36. The van der Waals surface area contributed by atoms with Crippen LogP contribution < -0.4 is 5.32 Å². The minimum absolute atomic E-state index is 0.719. The van der Waals surface area contributed by atoms with Gasteiger partial charge in [-0.3, -0.25) is 4.90 Å². The normalized spacial score (nSPS) is 23.2. The van der Waals surface area contributed by atoms with Crippen LogP contribution in [0.5, 0.6) is 0 Å². The van der Waals surface area contributed by atoms with E-state index in [0.29, 0.717) is 0 Å². The fraction of sp³-hybridized carbons (Fsp3) is 0.750. The van der Waals surface area contributed by atoms with E-state index < -0.39 is 0 Å². The van der Waals surface area contributed by atoms with Gasteiger partial charge in [0.05, 0.1) is 12.8 Å². The van der Waals surface area contributed by atoms with E-state index in [1.165, 1.54) is 57.2 Å². The molecule has 1 N–H and O–H groups in total. The summed E-state index contributed by atoms with van der Waals surface area (Å²) in [7, 11) is 1.97. The molecule has 2 fully saturated rings. The number of piperidine rings is 1. The lowest BCUT2D eigenvalue weighted by Crippen LogP contribution is -2.38. The molecule has 1 aromatic heterocycles. The monoisotopic (exact) mass is 262 g/mol. The first-order valence-corrected chi connectivity index (χ1v) is 7.73. The fourth-order valence-corrected chi connectivity index (χ4v) is 3.84. The number of hydrogen-bond donors (Lipinski definition) is 1. The zero-order chi connectivity index (χ0) is 13.1. The second kappa shape index (κ2) is 5.68. The lowest BCUT2D eigenvalue weighted by Gasteiger charge is -2.39. The number of nitrogens with one attached hydrogen (secondary N) is 1. The Bertz CT molecular complexity index is 397. The second-order valence-corrected chi connectivity index (χ2v) is 6.43. The maximum Gasteiger partial charge on any atom is 0.118 e. The summed E-state index contributed by atoms with van der Waals surface area (Å²) in [6, 6.07) is 2.19. The van der Waals surface area contributed by atoms with E-state index in [1.54, 1.807) is 0 Å². The summed E-state index contributed by atoms with van der Waals surface area (Å²) in [5, 5.41) is 3.16. The van der Waals surface area contributed by atoms with Gasteiger partial charge in [0.1, 0.15) is 5.76 Å². The van der Waals surface area contributed by atoms with Crippen LogP contribution in [-0.2, 0) is 13.1 Å². The molecule has 3 rings (SSSR count). The summed E-state index contributed by atoms with van der Waals surface area (Å²) in [5.74, 6) is 1.12. The Kier molecular flexibility index (Phi) is 3.94. The average Bonchev–Trinajstić information content (AvgIpc) is 3.04. The molecular formula is C16H26N2O. The highest BCUT2D eigenvalue weighted by atomic mass is 16.3. The van der Waals surface area contributed by atoms with Crippen LogP contribution in [0.2, 0.25) is 0 Å². The minimum atomic E-state index is 0.719. The van der Waals surface area contributed by atoms with E-state index >= 15 is 0 Å². The van der Waals surface area contributed by atoms with Crippen molar-refractivity contribution in [1.82, 2.24) is 10.2 Å². The van der Waals surface area contributed by atoms with Crippen molar-refractivity contribution in [3.05, 3.63) is 23.7 Å². The number of likely N-dealkylation sites (tertiary alicyclic amines) is 1. The standard InChI is InChI=1S/C16H26N2O/c1-17-11-14-10-15(19-13-14)12-18-8-6-16(7-9-18)4-2-3-5-16/h10,13,17H,2-9,11-12H2,1H3. The van der Waals surface area contributed by atoms with Crippen LogP contribution in [-0.4, -0.2) is 25.0 Å². The average molecular weight is 262 g/mol. The predicted molar refractivity (Wildman–Crippen MR) is 76.9 cm³/mol. The Morgan fingerprint density at radius 3 is 2.63 bits per heavy atom. The molecule has 1 spiro atoms. The molecule has 1 aromatic rings. The van der Waals surface area contributed by atoms with Crippen LogP contribution in [0.1, 0.15) is 49.8 Å². The van der Waals surface area contributed by atoms with E-state index in [-0.39, 0.29) is 0 Å². The summed E-state index contributed by atoms with van der Waals surface area (Å²) < 4.78 is 5.66. The van der Waals surface area contributed by atoms with E-state index in [2.05, 4.69) is 16.3 Å². The predicted octanol–water partition coefficient (Wildman–Crippen LogP) is 3.16. The molecule has 0 aromatic carbocycles. The quantitative estimate of drug-likeness (QED) is 0.903. The van der Waals surface area contributed by atoms with Crippen LogP contribution in [0.25, 0.3) is 0 Å². The molecule has 1 aliphatic heterocycles. The highest BCUT2D eigenvalue weighted by molar-refractivity contribution is 5.12. The largest absolute Gasteiger partial charge is 0.468 e. The molecule has 1 saturated carbocycles. The Labute approximate surface area is 116 Å². The summed E-state index contributed by atoms with van der Waals surface area (Å²) in [4.78, 5) is 2.56. The van der Waals surface area contributed by atoms with Gasteiger partial charge < -0.3 is 9.73 Å². The molecule has 2 aliphatic rings. The van der Waals surface area contributed by atoms with Crippen LogP contribution in [0, 0.1) is 5.41 Å². The molecule has 19 heavy (non-hydrogen) atoms. The first kappa shape index (κ1) is 13.2. The van der Waals surface area contributed by atoms with Crippen molar-refractivity contribution < 1.29 is 4.42 Å².